The van der Waals surface area contributed by atoms with Gasteiger partial charge in [-0.2, -0.15) is 0 Å². The largest absolute Gasteiger partial charge is 0.338 e. The first-order valence-corrected chi connectivity index (χ1v) is 9.97. The Morgan fingerprint density at radius 1 is 1.27 bits per heavy atom. The Morgan fingerprint density at radius 3 is 2.55 bits per heavy atom. The number of amides is 1. The molecule has 0 saturated carbocycles. The highest BCUT2D eigenvalue weighted by Crippen LogP contribution is 2.23. The molecule has 2 rings (SSSR count). The summed E-state index contributed by atoms with van der Waals surface area (Å²) in [5.74, 6) is 0.393. The predicted octanol–water partition coefficient (Wildman–Crippen LogP) is 3.98. The van der Waals surface area contributed by atoms with E-state index in [2.05, 4.69) is 15.9 Å². The lowest BCUT2D eigenvalue weighted by molar-refractivity contribution is -0.129. The minimum absolute atomic E-state index is 0.0263. The molecule has 1 heterocycles. The molecule has 0 aliphatic heterocycles. The van der Waals surface area contributed by atoms with Crippen molar-refractivity contribution in [3.05, 3.63) is 56.7 Å². The number of nitrogens with zero attached hydrogens (tertiary/aromatic N) is 1. The Morgan fingerprint density at radius 2 is 1.95 bits per heavy atom. The molecule has 2 atom stereocenters. The molecule has 0 N–H and O–H groups in total. The van der Waals surface area contributed by atoms with E-state index in [4.69, 9.17) is 0 Å². The van der Waals surface area contributed by atoms with Crippen LogP contribution in [-0.4, -0.2) is 27.8 Å². The topological polar surface area (TPSA) is 37.4 Å². The van der Waals surface area contributed by atoms with Crippen molar-refractivity contribution in [1.82, 2.24) is 4.90 Å². The summed E-state index contributed by atoms with van der Waals surface area (Å²) in [7, 11) is 0.580. The van der Waals surface area contributed by atoms with Crippen molar-refractivity contribution in [1.29, 1.82) is 0 Å². The van der Waals surface area contributed by atoms with E-state index in [1.54, 1.807) is 23.3 Å². The molecule has 1 aromatic heterocycles. The zero-order valence-corrected chi connectivity index (χ0v) is 15.7. The quantitative estimate of drug-likeness (QED) is 0.736. The fourth-order valence-corrected chi connectivity index (χ4v) is 4.95. The van der Waals surface area contributed by atoms with Gasteiger partial charge in [-0.05, 0) is 40.5 Å². The molecule has 6 heteroatoms. The summed E-state index contributed by atoms with van der Waals surface area (Å²) in [6, 6.07) is 13.7. The Hall–Kier alpha value is -0.980. The van der Waals surface area contributed by atoms with Crippen LogP contribution in [0.2, 0.25) is 0 Å². The van der Waals surface area contributed by atoms with Crippen LogP contribution >= 0.6 is 27.3 Å². The van der Waals surface area contributed by atoms with Gasteiger partial charge >= 0.3 is 0 Å². The zero-order chi connectivity index (χ0) is 16.1. The number of rotatable bonds is 6. The molecule has 0 radical (unpaired) electrons. The summed E-state index contributed by atoms with van der Waals surface area (Å²) in [5.41, 5.74) is 1.08. The maximum absolute atomic E-state index is 12.3. The van der Waals surface area contributed by atoms with Gasteiger partial charge in [0.05, 0.1) is 15.6 Å². The van der Waals surface area contributed by atoms with Gasteiger partial charge in [0, 0.05) is 22.7 Å². The van der Waals surface area contributed by atoms with Gasteiger partial charge in [0.2, 0.25) is 5.91 Å². The standard InChI is InChI=1S/C16H18BrNO2S2/c1-12(13-6-4-3-5-7-13)18(2)16(19)11-22(20)10-14-8-9-15(17)21-14/h3-9,12H,10-11H2,1-2H3. The van der Waals surface area contributed by atoms with Crippen molar-refractivity contribution in [2.45, 2.75) is 18.7 Å². The Labute approximate surface area is 145 Å². The number of hydrogen-bond acceptors (Lipinski definition) is 3. The molecule has 118 valence electrons. The highest BCUT2D eigenvalue weighted by molar-refractivity contribution is 9.11. The van der Waals surface area contributed by atoms with Gasteiger partial charge in [-0.15, -0.1) is 11.3 Å². The second-order valence-corrected chi connectivity index (χ2v) is 9.03. The van der Waals surface area contributed by atoms with Crippen LogP contribution in [0.15, 0.2) is 46.3 Å². The second kappa shape index (κ2) is 8.04. The molecule has 0 bridgehead atoms. The molecule has 1 aromatic carbocycles. The molecular formula is C16H18BrNO2S2. The van der Waals surface area contributed by atoms with Crippen LogP contribution in [0.4, 0.5) is 0 Å². The van der Waals surface area contributed by atoms with Gasteiger partial charge in [-0.1, -0.05) is 30.3 Å². The normalized spacial score (nSPS) is 13.6. The van der Waals surface area contributed by atoms with E-state index in [-0.39, 0.29) is 17.7 Å². The lowest BCUT2D eigenvalue weighted by Gasteiger charge is -2.25. The lowest BCUT2D eigenvalue weighted by Crippen LogP contribution is -2.33. The van der Waals surface area contributed by atoms with Gasteiger partial charge in [-0.3, -0.25) is 9.00 Å². The molecule has 2 aromatic rings. The lowest BCUT2D eigenvalue weighted by atomic mass is 10.1. The monoisotopic (exact) mass is 399 g/mol. The fraction of sp³-hybridized carbons (Fsp3) is 0.312. The van der Waals surface area contributed by atoms with Crippen LogP contribution in [-0.2, 0) is 21.3 Å². The van der Waals surface area contributed by atoms with Crippen LogP contribution in [0.25, 0.3) is 0 Å². The third-order valence-electron chi connectivity index (χ3n) is 3.47. The molecule has 1 amide bonds. The summed E-state index contributed by atoms with van der Waals surface area (Å²) < 4.78 is 13.2. The van der Waals surface area contributed by atoms with E-state index in [0.29, 0.717) is 5.75 Å². The van der Waals surface area contributed by atoms with Crippen LogP contribution in [0, 0.1) is 0 Å². The molecular weight excluding hydrogens is 382 g/mol. The van der Waals surface area contributed by atoms with E-state index in [1.165, 1.54) is 0 Å². The van der Waals surface area contributed by atoms with Crippen LogP contribution in [0.5, 0.6) is 0 Å². The number of carbonyl (C=O) groups excluding carboxylic acids is 1. The first kappa shape index (κ1) is 17.4. The zero-order valence-electron chi connectivity index (χ0n) is 12.5. The van der Waals surface area contributed by atoms with Crippen LogP contribution in [0.1, 0.15) is 23.4 Å². The third-order valence-corrected chi connectivity index (χ3v) is 6.48. The molecule has 0 fully saturated rings. The van der Waals surface area contributed by atoms with Gasteiger partial charge in [0.25, 0.3) is 0 Å². The maximum atomic E-state index is 12.3. The van der Waals surface area contributed by atoms with Crippen molar-refractivity contribution in [2.75, 3.05) is 12.8 Å². The molecule has 0 saturated heterocycles. The van der Waals surface area contributed by atoms with E-state index < -0.39 is 10.8 Å². The van der Waals surface area contributed by atoms with Gasteiger partial charge in [0.15, 0.2) is 0 Å². The van der Waals surface area contributed by atoms with E-state index in [9.17, 15) is 9.00 Å². The molecule has 0 aliphatic carbocycles. The number of hydrogen-bond donors (Lipinski definition) is 0. The van der Waals surface area contributed by atoms with E-state index >= 15 is 0 Å². The van der Waals surface area contributed by atoms with E-state index in [0.717, 1.165) is 14.2 Å². The summed E-state index contributed by atoms with van der Waals surface area (Å²) in [4.78, 5) is 15.0. The predicted molar refractivity (Wildman–Crippen MR) is 96.4 cm³/mol. The van der Waals surface area contributed by atoms with Crippen LogP contribution in [0.3, 0.4) is 0 Å². The number of benzene rings is 1. The fourth-order valence-electron chi connectivity index (χ4n) is 2.05. The van der Waals surface area contributed by atoms with Crippen molar-refractivity contribution in [2.24, 2.45) is 0 Å². The average molecular weight is 400 g/mol. The molecule has 3 nitrogen and oxygen atoms in total. The summed E-state index contributed by atoms with van der Waals surface area (Å²) in [6.07, 6.45) is 0. The molecule has 0 aliphatic rings. The van der Waals surface area contributed by atoms with Gasteiger partial charge in [-0.25, -0.2) is 0 Å². The Bertz CT molecular complexity index is 657. The van der Waals surface area contributed by atoms with Crippen molar-refractivity contribution < 1.29 is 9.00 Å². The average Bonchev–Trinajstić information content (AvgIpc) is 2.91. The SMILES string of the molecule is CC(c1ccccc1)N(C)C(=O)CS(=O)Cc1ccc(Br)s1. The van der Waals surface area contributed by atoms with Crippen molar-refractivity contribution in [3.8, 4) is 0 Å². The van der Waals surface area contributed by atoms with Crippen molar-refractivity contribution >= 4 is 44.0 Å². The second-order valence-electron chi connectivity index (χ2n) is 5.03. The van der Waals surface area contributed by atoms with Crippen molar-refractivity contribution in [3.63, 3.8) is 0 Å². The van der Waals surface area contributed by atoms with Gasteiger partial charge in [0.1, 0.15) is 5.75 Å². The smallest absolute Gasteiger partial charge is 0.235 e. The molecule has 0 spiro atoms. The first-order chi connectivity index (χ1) is 10.5. The number of halogens is 1. The molecule has 2 unspecified atom stereocenters. The highest BCUT2D eigenvalue weighted by Gasteiger charge is 2.19. The van der Waals surface area contributed by atoms with Gasteiger partial charge < -0.3 is 4.90 Å². The Kier molecular flexibility index (Phi) is 6.35. The number of carbonyl (C=O) groups is 1. The first-order valence-electron chi connectivity index (χ1n) is 6.87. The van der Waals surface area contributed by atoms with Crippen LogP contribution < -0.4 is 0 Å². The van der Waals surface area contributed by atoms with E-state index in [1.807, 2.05) is 49.4 Å². The highest BCUT2D eigenvalue weighted by atomic mass is 79.9. The minimum Gasteiger partial charge on any atom is -0.338 e. The summed E-state index contributed by atoms with van der Waals surface area (Å²) in [5, 5.41) is 0. The summed E-state index contributed by atoms with van der Waals surface area (Å²) in [6.45, 7) is 1.98. The molecule has 22 heavy (non-hydrogen) atoms. The third kappa shape index (κ3) is 4.76. The summed E-state index contributed by atoms with van der Waals surface area (Å²) >= 11 is 4.94. The maximum Gasteiger partial charge on any atom is 0.235 e. The minimum atomic E-state index is -1.18. The number of thiophene rings is 1. The Balaban J connectivity index is 1.92.